The molecule has 1 saturated heterocycles. The number of piperidine rings is 1. The molecular formula is C16H30N2O2. The predicted molar refractivity (Wildman–Crippen MR) is 80.7 cm³/mol. The molecule has 2 rings (SSSR count). The molecule has 116 valence electrons. The molecule has 1 spiro atoms. The third kappa shape index (κ3) is 4.74. The lowest BCUT2D eigenvalue weighted by Gasteiger charge is -2.44. The standard InChI is InChI=1S/C16H30N2O2/c1-15(2,3)20-12-14(19)18-13-7-10-17-16(11-13)8-5-4-6-9-16/h13,17H,4-12H2,1-3H3,(H,18,19). The van der Waals surface area contributed by atoms with Crippen LogP contribution in [0.5, 0.6) is 0 Å². The van der Waals surface area contributed by atoms with Gasteiger partial charge in [-0.05, 0) is 53.0 Å². The van der Waals surface area contributed by atoms with Gasteiger partial charge < -0.3 is 15.4 Å². The monoisotopic (exact) mass is 282 g/mol. The number of hydrogen-bond donors (Lipinski definition) is 2. The van der Waals surface area contributed by atoms with Crippen molar-refractivity contribution >= 4 is 5.91 Å². The van der Waals surface area contributed by atoms with Crippen molar-refractivity contribution in [3.63, 3.8) is 0 Å². The lowest BCUT2D eigenvalue weighted by Crippen LogP contribution is -2.57. The van der Waals surface area contributed by atoms with Gasteiger partial charge in [0.1, 0.15) is 6.61 Å². The molecule has 2 aliphatic rings. The van der Waals surface area contributed by atoms with E-state index in [1.807, 2.05) is 20.8 Å². The second kappa shape index (κ2) is 6.44. The lowest BCUT2D eigenvalue weighted by atomic mass is 9.75. The van der Waals surface area contributed by atoms with Crippen LogP contribution >= 0.6 is 0 Å². The normalized spacial score (nSPS) is 26.4. The van der Waals surface area contributed by atoms with E-state index in [1.54, 1.807) is 0 Å². The zero-order valence-electron chi connectivity index (χ0n) is 13.3. The van der Waals surface area contributed by atoms with Crippen LogP contribution in [0.2, 0.25) is 0 Å². The molecule has 4 nitrogen and oxygen atoms in total. The molecule has 4 heteroatoms. The molecule has 1 unspecified atom stereocenters. The Morgan fingerprint density at radius 3 is 2.65 bits per heavy atom. The second-order valence-electron chi connectivity index (χ2n) is 7.43. The Kier molecular flexibility index (Phi) is 5.08. The number of nitrogens with one attached hydrogen (secondary N) is 2. The Hall–Kier alpha value is -0.610. The van der Waals surface area contributed by atoms with Crippen LogP contribution in [-0.2, 0) is 9.53 Å². The molecule has 0 bridgehead atoms. The van der Waals surface area contributed by atoms with E-state index >= 15 is 0 Å². The van der Waals surface area contributed by atoms with Gasteiger partial charge in [-0.1, -0.05) is 19.3 Å². The summed E-state index contributed by atoms with van der Waals surface area (Å²) in [7, 11) is 0. The van der Waals surface area contributed by atoms with Crippen LogP contribution in [0.3, 0.4) is 0 Å². The number of rotatable bonds is 3. The predicted octanol–water partition coefficient (Wildman–Crippen LogP) is 2.37. The van der Waals surface area contributed by atoms with Crippen LogP contribution in [0.1, 0.15) is 65.7 Å². The fraction of sp³-hybridized carbons (Fsp3) is 0.938. The van der Waals surface area contributed by atoms with Gasteiger partial charge in [0, 0.05) is 11.6 Å². The molecule has 0 aromatic carbocycles. The topological polar surface area (TPSA) is 50.4 Å². The van der Waals surface area contributed by atoms with Crippen LogP contribution < -0.4 is 10.6 Å². The maximum absolute atomic E-state index is 12.0. The highest BCUT2D eigenvalue weighted by molar-refractivity contribution is 5.77. The van der Waals surface area contributed by atoms with E-state index in [0.717, 1.165) is 19.4 Å². The molecule has 20 heavy (non-hydrogen) atoms. The third-order valence-corrected chi connectivity index (χ3v) is 4.44. The Balaban J connectivity index is 1.79. The zero-order valence-corrected chi connectivity index (χ0v) is 13.3. The summed E-state index contributed by atoms with van der Waals surface area (Å²) in [5.74, 6) is 0.0257. The minimum absolute atomic E-state index is 0.0257. The van der Waals surface area contributed by atoms with Crippen molar-refractivity contribution in [2.24, 2.45) is 0 Å². The van der Waals surface area contributed by atoms with Crippen molar-refractivity contribution in [1.82, 2.24) is 10.6 Å². The van der Waals surface area contributed by atoms with Crippen molar-refractivity contribution < 1.29 is 9.53 Å². The summed E-state index contributed by atoms with van der Waals surface area (Å²) in [5.41, 5.74) is 0.0371. The second-order valence-corrected chi connectivity index (χ2v) is 7.43. The molecule has 0 aromatic heterocycles. The van der Waals surface area contributed by atoms with Gasteiger partial charge >= 0.3 is 0 Å². The first-order valence-electron chi connectivity index (χ1n) is 8.07. The molecule has 1 heterocycles. The maximum Gasteiger partial charge on any atom is 0.246 e. The van der Waals surface area contributed by atoms with Gasteiger partial charge in [-0.3, -0.25) is 4.79 Å². The van der Waals surface area contributed by atoms with Gasteiger partial charge in [0.25, 0.3) is 0 Å². The van der Waals surface area contributed by atoms with E-state index in [0.29, 0.717) is 11.6 Å². The molecule has 1 atom stereocenters. The summed E-state index contributed by atoms with van der Waals surface area (Å²) in [6.45, 7) is 7.11. The first-order chi connectivity index (χ1) is 9.39. The highest BCUT2D eigenvalue weighted by Gasteiger charge is 2.37. The third-order valence-electron chi connectivity index (χ3n) is 4.44. The van der Waals surface area contributed by atoms with Crippen molar-refractivity contribution in [1.29, 1.82) is 0 Å². The SMILES string of the molecule is CC(C)(C)OCC(=O)NC1CCNC2(CCCCC2)C1. The molecule has 2 N–H and O–H groups in total. The van der Waals surface area contributed by atoms with Crippen molar-refractivity contribution in [2.45, 2.75) is 82.9 Å². The number of hydrogen-bond acceptors (Lipinski definition) is 3. The van der Waals surface area contributed by atoms with Gasteiger partial charge in [0.2, 0.25) is 5.91 Å². The van der Waals surface area contributed by atoms with E-state index in [4.69, 9.17) is 4.74 Å². The number of ether oxygens (including phenoxy) is 1. The smallest absolute Gasteiger partial charge is 0.246 e. The summed E-state index contributed by atoms with van der Waals surface area (Å²) in [6, 6.07) is 0.311. The molecule has 1 saturated carbocycles. The Morgan fingerprint density at radius 1 is 1.30 bits per heavy atom. The molecule has 1 aliphatic heterocycles. The van der Waals surface area contributed by atoms with Crippen LogP contribution in [0.15, 0.2) is 0 Å². The lowest BCUT2D eigenvalue weighted by molar-refractivity contribution is -0.131. The van der Waals surface area contributed by atoms with Crippen molar-refractivity contribution in [3.05, 3.63) is 0 Å². The van der Waals surface area contributed by atoms with E-state index in [1.165, 1.54) is 32.1 Å². The van der Waals surface area contributed by atoms with E-state index < -0.39 is 0 Å². The Morgan fingerprint density at radius 2 is 2.00 bits per heavy atom. The largest absolute Gasteiger partial charge is 0.366 e. The van der Waals surface area contributed by atoms with Gasteiger partial charge in [0.15, 0.2) is 0 Å². The van der Waals surface area contributed by atoms with Gasteiger partial charge in [0.05, 0.1) is 5.60 Å². The number of carbonyl (C=O) groups excluding carboxylic acids is 1. The highest BCUT2D eigenvalue weighted by atomic mass is 16.5. The average Bonchev–Trinajstić information content (AvgIpc) is 2.37. The molecule has 0 aromatic rings. The quantitative estimate of drug-likeness (QED) is 0.835. The summed E-state index contributed by atoms with van der Waals surface area (Å²) in [4.78, 5) is 12.0. The van der Waals surface area contributed by atoms with Gasteiger partial charge in [-0.2, -0.15) is 0 Å². The first kappa shape index (κ1) is 15.8. The van der Waals surface area contributed by atoms with Crippen LogP contribution in [0.25, 0.3) is 0 Å². The molecular weight excluding hydrogens is 252 g/mol. The van der Waals surface area contributed by atoms with Gasteiger partial charge in [-0.25, -0.2) is 0 Å². The van der Waals surface area contributed by atoms with E-state index in [2.05, 4.69) is 10.6 Å². The van der Waals surface area contributed by atoms with E-state index in [-0.39, 0.29) is 18.1 Å². The molecule has 0 radical (unpaired) electrons. The fourth-order valence-corrected chi connectivity index (χ4v) is 3.44. The first-order valence-corrected chi connectivity index (χ1v) is 8.07. The van der Waals surface area contributed by atoms with Gasteiger partial charge in [-0.15, -0.1) is 0 Å². The summed E-state index contributed by atoms with van der Waals surface area (Å²) in [6.07, 6.45) is 8.63. The summed E-state index contributed by atoms with van der Waals surface area (Å²) < 4.78 is 5.54. The Labute approximate surface area is 123 Å². The highest BCUT2D eigenvalue weighted by Crippen LogP contribution is 2.34. The fourth-order valence-electron chi connectivity index (χ4n) is 3.44. The number of carbonyl (C=O) groups is 1. The van der Waals surface area contributed by atoms with Crippen molar-refractivity contribution in [2.75, 3.05) is 13.2 Å². The molecule has 1 aliphatic carbocycles. The van der Waals surface area contributed by atoms with Crippen LogP contribution in [-0.4, -0.2) is 36.2 Å². The maximum atomic E-state index is 12.0. The molecule has 1 amide bonds. The average molecular weight is 282 g/mol. The summed E-state index contributed by atoms with van der Waals surface area (Å²) in [5, 5.41) is 6.87. The van der Waals surface area contributed by atoms with Crippen LogP contribution in [0.4, 0.5) is 0 Å². The van der Waals surface area contributed by atoms with Crippen molar-refractivity contribution in [3.8, 4) is 0 Å². The van der Waals surface area contributed by atoms with E-state index in [9.17, 15) is 4.79 Å². The number of amides is 1. The van der Waals surface area contributed by atoms with Crippen LogP contribution in [0, 0.1) is 0 Å². The molecule has 2 fully saturated rings. The minimum Gasteiger partial charge on any atom is -0.366 e. The Bertz CT molecular complexity index is 324. The summed E-state index contributed by atoms with van der Waals surface area (Å²) >= 11 is 0. The minimum atomic E-state index is -0.254. The zero-order chi connectivity index (χ0) is 14.6.